The summed E-state index contributed by atoms with van der Waals surface area (Å²) in [6, 6.07) is 11.9. The number of amides is 1. The van der Waals surface area contributed by atoms with Crippen molar-refractivity contribution in [2.24, 2.45) is 0 Å². The van der Waals surface area contributed by atoms with Gasteiger partial charge in [-0.3, -0.25) is 9.59 Å². The number of aryl methyl sites for hydroxylation is 1. The van der Waals surface area contributed by atoms with E-state index < -0.39 is 0 Å². The van der Waals surface area contributed by atoms with E-state index in [1.807, 2.05) is 38.1 Å². The van der Waals surface area contributed by atoms with Crippen LogP contribution < -0.4 is 5.32 Å². The molecule has 5 nitrogen and oxygen atoms in total. The van der Waals surface area contributed by atoms with Gasteiger partial charge >= 0.3 is 5.97 Å². The molecule has 2 aromatic rings. The van der Waals surface area contributed by atoms with Crippen LogP contribution in [0.15, 0.2) is 42.5 Å². The standard InChI is InChI=1S/C20H24N2O3/c1-14(12-20(24)25-4)21-19(23)11-10-17-13-15(2)22(16(17)3)18-8-6-5-7-9-18/h5-11,13-14H,12H2,1-4H3,(H,21,23)/b11-10+. The molecule has 1 N–H and O–H groups in total. The lowest BCUT2D eigenvalue weighted by Crippen LogP contribution is -2.33. The average molecular weight is 340 g/mol. The van der Waals surface area contributed by atoms with Gasteiger partial charge in [-0.15, -0.1) is 0 Å². The largest absolute Gasteiger partial charge is 0.469 e. The minimum Gasteiger partial charge on any atom is -0.469 e. The Balaban J connectivity index is 2.09. The molecule has 0 saturated carbocycles. The lowest BCUT2D eigenvalue weighted by molar-refractivity contribution is -0.141. The highest BCUT2D eigenvalue weighted by Gasteiger charge is 2.11. The summed E-state index contributed by atoms with van der Waals surface area (Å²) in [7, 11) is 1.33. The maximum Gasteiger partial charge on any atom is 0.307 e. The number of nitrogens with zero attached hydrogens (tertiary/aromatic N) is 1. The van der Waals surface area contributed by atoms with Gasteiger partial charge in [0.25, 0.3) is 0 Å². The van der Waals surface area contributed by atoms with Crippen molar-refractivity contribution in [3.8, 4) is 5.69 Å². The summed E-state index contributed by atoms with van der Waals surface area (Å²) in [5.74, 6) is -0.580. The van der Waals surface area contributed by atoms with Gasteiger partial charge in [0.15, 0.2) is 0 Å². The Labute approximate surface area is 148 Å². The number of aromatic nitrogens is 1. The number of methoxy groups -OCH3 is 1. The third-order valence-corrected chi connectivity index (χ3v) is 3.99. The van der Waals surface area contributed by atoms with Gasteiger partial charge in [0.05, 0.1) is 13.5 Å². The Morgan fingerprint density at radius 3 is 2.56 bits per heavy atom. The van der Waals surface area contributed by atoms with Crippen LogP contribution in [-0.2, 0) is 14.3 Å². The molecule has 132 valence electrons. The number of carbonyl (C=O) groups excluding carboxylic acids is 2. The second-order valence-electron chi connectivity index (χ2n) is 6.02. The number of hydrogen-bond acceptors (Lipinski definition) is 3. The molecule has 0 spiro atoms. The fourth-order valence-electron chi connectivity index (χ4n) is 2.77. The molecule has 0 bridgehead atoms. The van der Waals surface area contributed by atoms with Crippen LogP contribution >= 0.6 is 0 Å². The Bertz CT molecular complexity index is 776. The summed E-state index contributed by atoms with van der Waals surface area (Å²) >= 11 is 0. The van der Waals surface area contributed by atoms with Crippen molar-refractivity contribution in [3.63, 3.8) is 0 Å². The first-order chi connectivity index (χ1) is 11.9. The minimum atomic E-state index is -0.344. The molecule has 1 atom stereocenters. The number of hydrogen-bond donors (Lipinski definition) is 1. The third-order valence-electron chi connectivity index (χ3n) is 3.99. The van der Waals surface area contributed by atoms with Gasteiger partial charge in [0, 0.05) is 29.2 Å². The van der Waals surface area contributed by atoms with Gasteiger partial charge in [0.2, 0.25) is 5.91 Å². The fourth-order valence-corrected chi connectivity index (χ4v) is 2.77. The first-order valence-corrected chi connectivity index (χ1v) is 8.22. The van der Waals surface area contributed by atoms with Crippen LogP contribution in [0.25, 0.3) is 11.8 Å². The zero-order valence-electron chi connectivity index (χ0n) is 15.1. The van der Waals surface area contributed by atoms with Gasteiger partial charge in [0.1, 0.15) is 0 Å². The molecule has 1 amide bonds. The topological polar surface area (TPSA) is 60.3 Å². The molecule has 1 heterocycles. The molecule has 0 fully saturated rings. The van der Waals surface area contributed by atoms with E-state index in [4.69, 9.17) is 0 Å². The van der Waals surface area contributed by atoms with E-state index >= 15 is 0 Å². The second-order valence-corrected chi connectivity index (χ2v) is 6.02. The maximum absolute atomic E-state index is 12.0. The van der Waals surface area contributed by atoms with Crippen molar-refractivity contribution >= 4 is 18.0 Å². The van der Waals surface area contributed by atoms with E-state index in [-0.39, 0.29) is 24.3 Å². The molecule has 0 saturated heterocycles. The van der Waals surface area contributed by atoms with E-state index in [9.17, 15) is 9.59 Å². The highest BCUT2D eigenvalue weighted by Crippen LogP contribution is 2.21. The number of rotatable bonds is 6. The number of ether oxygens (including phenoxy) is 1. The van der Waals surface area contributed by atoms with Gasteiger partial charge in [-0.2, -0.15) is 0 Å². The predicted octanol–water partition coefficient (Wildman–Crippen LogP) is 3.18. The summed E-state index contributed by atoms with van der Waals surface area (Å²) in [6.45, 7) is 5.83. The summed E-state index contributed by atoms with van der Waals surface area (Å²) < 4.78 is 6.74. The van der Waals surface area contributed by atoms with Crippen molar-refractivity contribution in [3.05, 3.63) is 59.4 Å². The highest BCUT2D eigenvalue weighted by atomic mass is 16.5. The molecule has 0 aliphatic carbocycles. The SMILES string of the molecule is COC(=O)CC(C)NC(=O)/C=C/c1cc(C)n(-c2ccccc2)c1C. The van der Waals surface area contributed by atoms with Crippen molar-refractivity contribution in [1.29, 1.82) is 0 Å². The summed E-state index contributed by atoms with van der Waals surface area (Å²) in [5, 5.41) is 2.75. The molecule has 0 radical (unpaired) electrons. The Kier molecular flexibility index (Phi) is 6.17. The predicted molar refractivity (Wildman–Crippen MR) is 98.5 cm³/mol. The van der Waals surface area contributed by atoms with Gasteiger partial charge in [-0.1, -0.05) is 18.2 Å². The molecule has 0 aliphatic heterocycles. The number of carbonyl (C=O) groups is 2. The molecule has 5 heteroatoms. The second kappa shape index (κ2) is 8.33. The Hall–Kier alpha value is -2.82. The monoisotopic (exact) mass is 340 g/mol. The molecule has 1 aromatic heterocycles. The van der Waals surface area contributed by atoms with E-state index in [0.717, 1.165) is 22.6 Å². The zero-order chi connectivity index (χ0) is 18.4. The quantitative estimate of drug-likeness (QED) is 0.649. The number of esters is 1. The van der Waals surface area contributed by atoms with Crippen molar-refractivity contribution in [2.45, 2.75) is 33.2 Å². The van der Waals surface area contributed by atoms with E-state index in [2.05, 4.69) is 26.8 Å². The highest BCUT2D eigenvalue weighted by molar-refractivity contribution is 5.92. The summed E-state index contributed by atoms with van der Waals surface area (Å²) in [5.41, 5.74) is 4.24. The molecule has 1 unspecified atom stereocenters. The third kappa shape index (κ3) is 4.83. The zero-order valence-corrected chi connectivity index (χ0v) is 15.1. The van der Waals surface area contributed by atoms with Crippen LogP contribution in [0.3, 0.4) is 0 Å². The van der Waals surface area contributed by atoms with Crippen molar-refractivity contribution in [1.82, 2.24) is 9.88 Å². The maximum atomic E-state index is 12.0. The molecule has 25 heavy (non-hydrogen) atoms. The number of para-hydroxylation sites is 1. The normalized spacial score (nSPS) is 12.2. The molecular formula is C20H24N2O3. The molecule has 2 rings (SSSR count). The average Bonchev–Trinajstić information content (AvgIpc) is 2.87. The molecular weight excluding hydrogens is 316 g/mol. The van der Waals surface area contributed by atoms with Crippen molar-refractivity contribution in [2.75, 3.05) is 7.11 Å². The number of benzene rings is 1. The van der Waals surface area contributed by atoms with Crippen LogP contribution in [0.2, 0.25) is 0 Å². The lowest BCUT2D eigenvalue weighted by Gasteiger charge is -2.10. The van der Waals surface area contributed by atoms with Gasteiger partial charge in [-0.05, 0) is 50.6 Å². The Morgan fingerprint density at radius 2 is 1.92 bits per heavy atom. The van der Waals surface area contributed by atoms with Crippen LogP contribution in [0, 0.1) is 13.8 Å². The van der Waals surface area contributed by atoms with Crippen LogP contribution in [0.1, 0.15) is 30.3 Å². The fraction of sp³-hybridized carbons (Fsp3) is 0.300. The smallest absolute Gasteiger partial charge is 0.307 e. The first kappa shape index (κ1) is 18.5. The van der Waals surface area contributed by atoms with Gasteiger partial charge in [-0.25, -0.2) is 0 Å². The van der Waals surface area contributed by atoms with E-state index in [1.54, 1.807) is 13.0 Å². The van der Waals surface area contributed by atoms with E-state index in [0.29, 0.717) is 0 Å². The van der Waals surface area contributed by atoms with Gasteiger partial charge < -0.3 is 14.6 Å². The summed E-state index contributed by atoms with van der Waals surface area (Å²) in [4.78, 5) is 23.2. The first-order valence-electron chi connectivity index (χ1n) is 8.22. The lowest BCUT2D eigenvalue weighted by atomic mass is 10.2. The number of nitrogens with one attached hydrogen (secondary N) is 1. The van der Waals surface area contributed by atoms with Crippen LogP contribution in [0.5, 0.6) is 0 Å². The molecule has 0 aliphatic rings. The van der Waals surface area contributed by atoms with Crippen LogP contribution in [0.4, 0.5) is 0 Å². The van der Waals surface area contributed by atoms with Crippen LogP contribution in [-0.4, -0.2) is 29.6 Å². The molecule has 1 aromatic carbocycles. The van der Waals surface area contributed by atoms with Crippen molar-refractivity contribution < 1.29 is 14.3 Å². The Morgan fingerprint density at radius 1 is 1.24 bits per heavy atom. The summed E-state index contributed by atoms with van der Waals surface area (Å²) in [6.07, 6.45) is 3.44. The minimum absolute atomic E-state index is 0.151. The van der Waals surface area contributed by atoms with E-state index in [1.165, 1.54) is 13.2 Å².